The fourth-order valence-corrected chi connectivity index (χ4v) is 8.41. The third kappa shape index (κ3) is 4.63. The van der Waals surface area contributed by atoms with Crippen molar-refractivity contribution in [3.63, 3.8) is 0 Å². The van der Waals surface area contributed by atoms with E-state index in [1.54, 1.807) is 0 Å². The summed E-state index contributed by atoms with van der Waals surface area (Å²) < 4.78 is 0. The topological polar surface area (TPSA) is 6.48 Å². The van der Waals surface area contributed by atoms with Crippen LogP contribution in [-0.2, 0) is 10.8 Å². The molecule has 0 saturated heterocycles. The zero-order valence-electron chi connectivity index (χ0n) is 29.1. The summed E-state index contributed by atoms with van der Waals surface area (Å²) in [6, 6.07) is 62.2. The summed E-state index contributed by atoms with van der Waals surface area (Å²) in [5, 5.41) is 0. The quantitative estimate of drug-likeness (QED) is 0.184. The van der Waals surface area contributed by atoms with Crippen molar-refractivity contribution < 1.29 is 0 Å². The Bertz CT molecular complexity index is 2370. The average molecular weight is 645 g/mol. The molecule has 0 amide bonds. The van der Waals surface area contributed by atoms with E-state index in [4.69, 9.17) is 0 Å². The van der Waals surface area contributed by atoms with E-state index in [1.807, 2.05) is 0 Å². The summed E-state index contributed by atoms with van der Waals surface area (Å²) >= 11 is 0. The Hall–Kier alpha value is -5.86. The Morgan fingerprint density at radius 3 is 1.68 bits per heavy atom. The van der Waals surface area contributed by atoms with Crippen molar-refractivity contribution in [1.82, 2.24) is 0 Å². The second kappa shape index (κ2) is 11.4. The molecule has 7 aromatic carbocycles. The van der Waals surface area contributed by atoms with Crippen LogP contribution in [0.5, 0.6) is 0 Å². The normalized spacial score (nSPS) is 14.7. The van der Waals surface area contributed by atoms with Crippen LogP contribution in [0.3, 0.4) is 0 Å². The van der Waals surface area contributed by atoms with Gasteiger partial charge in [0.25, 0.3) is 0 Å². The van der Waals surface area contributed by atoms with Crippen LogP contribution in [-0.4, -0.2) is 0 Å². The predicted octanol–water partition coefficient (Wildman–Crippen LogP) is 13.2. The third-order valence-corrected chi connectivity index (χ3v) is 11.0. The van der Waals surface area contributed by atoms with Crippen molar-refractivity contribution in [3.8, 4) is 22.3 Å². The van der Waals surface area contributed by atoms with Gasteiger partial charge in [-0.15, -0.1) is 0 Å². The molecule has 1 aliphatic heterocycles. The van der Waals surface area contributed by atoms with E-state index in [0.717, 1.165) is 17.1 Å². The molecule has 0 atom stereocenters. The lowest BCUT2D eigenvalue weighted by Crippen LogP contribution is -2.30. The van der Waals surface area contributed by atoms with Gasteiger partial charge in [0.05, 0.1) is 11.4 Å². The van der Waals surface area contributed by atoms with Crippen molar-refractivity contribution in [1.29, 1.82) is 0 Å². The number of hydrogen-bond donors (Lipinski definition) is 0. The van der Waals surface area contributed by atoms with Crippen LogP contribution < -0.4 is 9.80 Å². The van der Waals surface area contributed by atoms with E-state index in [9.17, 15) is 0 Å². The van der Waals surface area contributed by atoms with E-state index < -0.39 is 0 Å². The first kappa shape index (κ1) is 30.2. The standard InChI is InChI=1S/C48H40N2/c1-47(2)41-20-12-11-19-39(41)40-29-28-38(32-44(40)47)49(35-15-7-5-8-16-35)37-26-23-33(24-27-37)34-25-30-43-46(31-34)50(36-17-9-6-10-18-36)45-22-14-13-21-42(45)48(43,3)4/h5-32H,1-4H3. The van der Waals surface area contributed by atoms with Crippen molar-refractivity contribution in [3.05, 3.63) is 192 Å². The smallest absolute Gasteiger partial charge is 0.0508 e. The number of anilines is 6. The molecule has 2 nitrogen and oxygen atoms in total. The van der Waals surface area contributed by atoms with Gasteiger partial charge in [0.1, 0.15) is 0 Å². The fraction of sp³-hybridized carbons (Fsp3) is 0.125. The summed E-state index contributed by atoms with van der Waals surface area (Å²) in [6.45, 7) is 9.39. The Balaban J connectivity index is 1.13. The molecule has 0 radical (unpaired) electrons. The van der Waals surface area contributed by atoms with Gasteiger partial charge in [-0.3, -0.25) is 0 Å². The minimum absolute atomic E-state index is 0.0662. The molecule has 0 saturated carbocycles. The lowest BCUT2D eigenvalue weighted by atomic mass is 9.73. The molecule has 1 heterocycles. The molecule has 0 N–H and O–H groups in total. The Labute approximate surface area is 295 Å². The first-order chi connectivity index (χ1) is 24.3. The number of hydrogen-bond acceptors (Lipinski definition) is 2. The van der Waals surface area contributed by atoms with Gasteiger partial charge in [-0.1, -0.05) is 137 Å². The van der Waals surface area contributed by atoms with E-state index in [2.05, 4.69) is 207 Å². The minimum atomic E-state index is -0.123. The summed E-state index contributed by atoms with van der Waals surface area (Å²) in [4.78, 5) is 4.81. The lowest BCUT2D eigenvalue weighted by Gasteiger charge is -2.42. The molecule has 0 aromatic heterocycles. The predicted molar refractivity (Wildman–Crippen MR) is 211 cm³/mol. The number of para-hydroxylation sites is 3. The number of fused-ring (bicyclic) bond motifs is 5. The van der Waals surface area contributed by atoms with Crippen LogP contribution in [0.15, 0.2) is 170 Å². The van der Waals surface area contributed by atoms with E-state index in [-0.39, 0.29) is 10.8 Å². The maximum atomic E-state index is 2.43. The minimum Gasteiger partial charge on any atom is -0.310 e. The van der Waals surface area contributed by atoms with Crippen LogP contribution in [0, 0.1) is 0 Å². The second-order valence-corrected chi connectivity index (χ2v) is 14.7. The van der Waals surface area contributed by atoms with E-state index >= 15 is 0 Å². The van der Waals surface area contributed by atoms with E-state index in [1.165, 1.54) is 61.6 Å². The fourth-order valence-electron chi connectivity index (χ4n) is 8.41. The summed E-state index contributed by atoms with van der Waals surface area (Å²) in [7, 11) is 0. The third-order valence-electron chi connectivity index (χ3n) is 11.0. The molecular formula is C48H40N2. The van der Waals surface area contributed by atoms with Gasteiger partial charge < -0.3 is 9.80 Å². The molecule has 242 valence electrons. The monoisotopic (exact) mass is 644 g/mol. The maximum absolute atomic E-state index is 2.43. The molecule has 1 aliphatic carbocycles. The van der Waals surface area contributed by atoms with Crippen LogP contribution in [0.4, 0.5) is 34.1 Å². The van der Waals surface area contributed by atoms with Gasteiger partial charge in [-0.05, 0) is 105 Å². The molecule has 0 spiro atoms. The summed E-state index contributed by atoms with van der Waals surface area (Å²) in [5.41, 5.74) is 17.4. The molecule has 0 fully saturated rings. The first-order valence-corrected chi connectivity index (χ1v) is 17.6. The second-order valence-electron chi connectivity index (χ2n) is 14.7. The Morgan fingerprint density at radius 2 is 0.920 bits per heavy atom. The van der Waals surface area contributed by atoms with Gasteiger partial charge in [0, 0.05) is 33.6 Å². The van der Waals surface area contributed by atoms with E-state index in [0.29, 0.717) is 0 Å². The molecule has 7 aromatic rings. The van der Waals surface area contributed by atoms with Gasteiger partial charge in [-0.2, -0.15) is 0 Å². The van der Waals surface area contributed by atoms with Crippen LogP contribution in [0.25, 0.3) is 22.3 Å². The van der Waals surface area contributed by atoms with Crippen molar-refractivity contribution in [2.45, 2.75) is 38.5 Å². The number of rotatable bonds is 5. The zero-order valence-corrected chi connectivity index (χ0v) is 29.1. The highest BCUT2D eigenvalue weighted by atomic mass is 15.2. The number of nitrogens with zero attached hydrogens (tertiary/aromatic N) is 2. The molecular weight excluding hydrogens is 605 g/mol. The zero-order chi connectivity index (χ0) is 34.0. The molecule has 2 aliphatic rings. The first-order valence-electron chi connectivity index (χ1n) is 17.6. The van der Waals surface area contributed by atoms with Crippen LogP contribution in [0.2, 0.25) is 0 Å². The summed E-state index contributed by atoms with van der Waals surface area (Å²) in [6.07, 6.45) is 0. The average Bonchev–Trinajstić information content (AvgIpc) is 3.38. The van der Waals surface area contributed by atoms with Gasteiger partial charge in [-0.25, -0.2) is 0 Å². The van der Waals surface area contributed by atoms with Crippen LogP contribution >= 0.6 is 0 Å². The molecule has 0 unspecified atom stereocenters. The molecule has 9 rings (SSSR count). The molecule has 2 heteroatoms. The van der Waals surface area contributed by atoms with Crippen molar-refractivity contribution in [2.75, 3.05) is 9.80 Å². The molecule has 0 bridgehead atoms. The number of benzene rings is 7. The summed E-state index contributed by atoms with van der Waals surface area (Å²) in [5.74, 6) is 0. The van der Waals surface area contributed by atoms with Gasteiger partial charge >= 0.3 is 0 Å². The van der Waals surface area contributed by atoms with Gasteiger partial charge in [0.2, 0.25) is 0 Å². The highest BCUT2D eigenvalue weighted by Crippen LogP contribution is 2.53. The largest absolute Gasteiger partial charge is 0.310 e. The molecule has 50 heavy (non-hydrogen) atoms. The van der Waals surface area contributed by atoms with Crippen molar-refractivity contribution >= 4 is 34.1 Å². The highest BCUT2D eigenvalue weighted by molar-refractivity contribution is 5.89. The lowest BCUT2D eigenvalue weighted by molar-refractivity contribution is 0.632. The highest BCUT2D eigenvalue weighted by Gasteiger charge is 2.37. The Kier molecular flexibility index (Phi) is 6.86. The van der Waals surface area contributed by atoms with Crippen LogP contribution in [0.1, 0.15) is 49.9 Å². The Morgan fingerprint density at radius 1 is 0.380 bits per heavy atom. The SMILES string of the molecule is CC1(C)c2ccccc2-c2ccc(N(c3ccccc3)c3ccc(-c4ccc5c(c4)N(c4ccccc4)c4ccccc4C5(C)C)cc3)cc21. The van der Waals surface area contributed by atoms with Gasteiger partial charge in [0.15, 0.2) is 0 Å². The van der Waals surface area contributed by atoms with Crippen molar-refractivity contribution in [2.24, 2.45) is 0 Å². The maximum Gasteiger partial charge on any atom is 0.0508 e.